The zero-order valence-corrected chi connectivity index (χ0v) is 13.5. The van der Waals surface area contributed by atoms with Gasteiger partial charge in [0, 0.05) is 36.6 Å². The minimum atomic E-state index is -0.0385. The van der Waals surface area contributed by atoms with E-state index in [1.54, 1.807) is 6.07 Å². The third kappa shape index (κ3) is 3.07. The highest BCUT2D eigenvalue weighted by Gasteiger charge is 2.34. The summed E-state index contributed by atoms with van der Waals surface area (Å²) in [6.45, 7) is 1.64. The van der Waals surface area contributed by atoms with Gasteiger partial charge in [0.05, 0.1) is 11.6 Å². The molecule has 0 radical (unpaired) electrons. The van der Waals surface area contributed by atoms with Crippen LogP contribution >= 0.6 is 0 Å². The molecule has 1 saturated carbocycles. The maximum atomic E-state index is 12.1. The Hall–Kier alpha value is -2.54. The Bertz CT molecular complexity index is 890. The lowest BCUT2D eigenvalue weighted by molar-refractivity contribution is -0.133. The number of carbonyl (C=O) groups is 1. The van der Waals surface area contributed by atoms with E-state index in [2.05, 4.69) is 11.8 Å². The van der Waals surface area contributed by atoms with Gasteiger partial charge in [0.1, 0.15) is 5.58 Å². The van der Waals surface area contributed by atoms with Crippen molar-refractivity contribution in [3.8, 4) is 11.8 Å². The SMILES string of the molecule is O=C(C1CC1)N1CCC(C#Cc2ccc3c(=O)ccoc3c2)CC1. The predicted octanol–water partition coefficient (Wildman–Crippen LogP) is 2.79. The fourth-order valence-electron chi connectivity index (χ4n) is 3.18. The number of piperidine rings is 1. The molecule has 0 atom stereocenters. The molecule has 0 unspecified atom stereocenters. The summed E-state index contributed by atoms with van der Waals surface area (Å²) in [6, 6.07) is 6.86. The van der Waals surface area contributed by atoms with E-state index in [-0.39, 0.29) is 5.43 Å². The number of fused-ring (bicyclic) bond motifs is 1. The summed E-state index contributed by atoms with van der Waals surface area (Å²) in [5, 5.41) is 0.579. The van der Waals surface area contributed by atoms with Gasteiger partial charge in [0.15, 0.2) is 5.43 Å². The van der Waals surface area contributed by atoms with Gasteiger partial charge >= 0.3 is 0 Å². The van der Waals surface area contributed by atoms with Crippen molar-refractivity contribution in [1.82, 2.24) is 4.90 Å². The predicted molar refractivity (Wildman–Crippen MR) is 91.4 cm³/mol. The molecule has 4 rings (SSSR count). The standard InChI is InChI=1S/C20H19NO3/c22-18-9-12-24-19-13-15(3-6-17(18)19)2-1-14-7-10-21(11-8-14)20(23)16-4-5-16/h3,6,9,12-14,16H,4-5,7-8,10-11H2. The quantitative estimate of drug-likeness (QED) is 0.759. The molecule has 2 fully saturated rings. The lowest BCUT2D eigenvalue weighted by Crippen LogP contribution is -2.39. The first-order valence-electron chi connectivity index (χ1n) is 8.52. The molecule has 1 saturated heterocycles. The van der Waals surface area contributed by atoms with Crippen LogP contribution in [0.4, 0.5) is 0 Å². The molecule has 2 aromatic rings. The van der Waals surface area contributed by atoms with Crippen LogP contribution in [0, 0.1) is 23.7 Å². The molecule has 0 spiro atoms. The van der Waals surface area contributed by atoms with E-state index < -0.39 is 0 Å². The molecule has 1 aromatic carbocycles. The monoisotopic (exact) mass is 321 g/mol. The lowest BCUT2D eigenvalue weighted by atomic mass is 9.96. The molecule has 4 nitrogen and oxygen atoms in total. The molecule has 122 valence electrons. The first-order valence-corrected chi connectivity index (χ1v) is 8.52. The Morgan fingerprint density at radius 2 is 1.92 bits per heavy atom. The van der Waals surface area contributed by atoms with E-state index in [9.17, 15) is 9.59 Å². The van der Waals surface area contributed by atoms with E-state index in [0.29, 0.717) is 28.7 Å². The van der Waals surface area contributed by atoms with E-state index in [0.717, 1.165) is 44.3 Å². The summed E-state index contributed by atoms with van der Waals surface area (Å²) < 4.78 is 5.38. The van der Waals surface area contributed by atoms with Crippen molar-refractivity contribution in [2.45, 2.75) is 25.7 Å². The molecule has 1 aliphatic heterocycles. The first-order chi connectivity index (χ1) is 11.7. The summed E-state index contributed by atoms with van der Waals surface area (Å²) in [6.07, 6.45) is 5.42. The van der Waals surface area contributed by atoms with Crippen LogP contribution in [0.5, 0.6) is 0 Å². The highest BCUT2D eigenvalue weighted by molar-refractivity contribution is 5.81. The van der Waals surface area contributed by atoms with Crippen LogP contribution in [-0.2, 0) is 4.79 Å². The third-order valence-corrected chi connectivity index (χ3v) is 4.82. The van der Waals surface area contributed by atoms with Crippen molar-refractivity contribution in [3.05, 3.63) is 46.3 Å². The normalized spacial score (nSPS) is 18.2. The number of benzene rings is 1. The summed E-state index contributed by atoms with van der Waals surface area (Å²) in [4.78, 5) is 25.8. The van der Waals surface area contributed by atoms with Crippen LogP contribution in [0.15, 0.2) is 39.7 Å². The van der Waals surface area contributed by atoms with Gasteiger partial charge in [-0.25, -0.2) is 0 Å². The Kier molecular flexibility index (Phi) is 3.86. The van der Waals surface area contributed by atoms with Crippen molar-refractivity contribution in [2.75, 3.05) is 13.1 Å². The molecule has 1 aromatic heterocycles. The third-order valence-electron chi connectivity index (χ3n) is 4.82. The molecular weight excluding hydrogens is 302 g/mol. The summed E-state index contributed by atoms with van der Waals surface area (Å²) in [5.41, 5.74) is 1.39. The number of hydrogen-bond donors (Lipinski definition) is 0. The molecule has 0 N–H and O–H groups in total. The van der Waals surface area contributed by atoms with Crippen LogP contribution in [0.1, 0.15) is 31.2 Å². The summed E-state index contributed by atoms with van der Waals surface area (Å²) in [7, 11) is 0. The van der Waals surface area contributed by atoms with Crippen molar-refractivity contribution >= 4 is 16.9 Å². The zero-order valence-electron chi connectivity index (χ0n) is 13.5. The zero-order chi connectivity index (χ0) is 16.5. The smallest absolute Gasteiger partial charge is 0.225 e. The molecule has 2 aliphatic rings. The van der Waals surface area contributed by atoms with E-state index in [4.69, 9.17) is 4.42 Å². The number of nitrogens with zero attached hydrogens (tertiary/aromatic N) is 1. The first kappa shape index (κ1) is 15.0. The minimum Gasteiger partial charge on any atom is -0.464 e. The Balaban J connectivity index is 1.43. The largest absolute Gasteiger partial charge is 0.464 e. The van der Waals surface area contributed by atoms with Crippen LogP contribution in [0.25, 0.3) is 11.0 Å². The average molecular weight is 321 g/mol. The van der Waals surface area contributed by atoms with Gasteiger partial charge in [-0.3, -0.25) is 9.59 Å². The van der Waals surface area contributed by atoms with Crippen LogP contribution < -0.4 is 5.43 Å². The van der Waals surface area contributed by atoms with E-state index in [1.807, 2.05) is 17.0 Å². The van der Waals surface area contributed by atoms with Gasteiger partial charge in [0.2, 0.25) is 5.91 Å². The topological polar surface area (TPSA) is 50.5 Å². The highest BCUT2D eigenvalue weighted by Crippen LogP contribution is 2.32. The second-order valence-electron chi connectivity index (χ2n) is 6.64. The molecule has 4 heteroatoms. The van der Waals surface area contributed by atoms with Crippen molar-refractivity contribution in [3.63, 3.8) is 0 Å². The van der Waals surface area contributed by atoms with Crippen LogP contribution in [0.3, 0.4) is 0 Å². The van der Waals surface area contributed by atoms with Gasteiger partial charge in [0.25, 0.3) is 0 Å². The van der Waals surface area contributed by atoms with Gasteiger partial charge < -0.3 is 9.32 Å². The fraction of sp³-hybridized carbons (Fsp3) is 0.400. The Morgan fingerprint density at radius 1 is 1.12 bits per heavy atom. The number of hydrogen-bond acceptors (Lipinski definition) is 3. The molecular formula is C20H19NO3. The van der Waals surface area contributed by atoms with Gasteiger partial charge in [-0.05, 0) is 43.9 Å². The second kappa shape index (κ2) is 6.16. The van der Waals surface area contributed by atoms with Gasteiger partial charge in [-0.2, -0.15) is 0 Å². The van der Waals surface area contributed by atoms with Gasteiger partial charge in [-0.15, -0.1) is 0 Å². The number of likely N-dealkylation sites (tertiary alicyclic amines) is 1. The summed E-state index contributed by atoms with van der Waals surface area (Å²) in [5.74, 6) is 7.47. The number of carbonyl (C=O) groups excluding carboxylic acids is 1. The molecule has 24 heavy (non-hydrogen) atoms. The van der Waals surface area contributed by atoms with Gasteiger partial charge in [-0.1, -0.05) is 11.8 Å². The maximum Gasteiger partial charge on any atom is 0.225 e. The Labute approximate surface area is 140 Å². The summed E-state index contributed by atoms with van der Waals surface area (Å²) >= 11 is 0. The second-order valence-corrected chi connectivity index (χ2v) is 6.64. The minimum absolute atomic E-state index is 0.0385. The molecule has 1 aliphatic carbocycles. The van der Waals surface area contributed by atoms with Crippen LogP contribution in [0.2, 0.25) is 0 Å². The average Bonchev–Trinajstić information content (AvgIpc) is 3.45. The van der Waals surface area contributed by atoms with Crippen molar-refractivity contribution < 1.29 is 9.21 Å². The number of amides is 1. The lowest BCUT2D eigenvalue weighted by Gasteiger charge is -2.30. The maximum absolute atomic E-state index is 12.1. The number of rotatable bonds is 1. The van der Waals surface area contributed by atoms with E-state index >= 15 is 0 Å². The molecule has 0 bridgehead atoms. The highest BCUT2D eigenvalue weighted by atomic mass is 16.3. The molecule has 2 heterocycles. The van der Waals surface area contributed by atoms with Crippen molar-refractivity contribution in [2.24, 2.45) is 11.8 Å². The van der Waals surface area contributed by atoms with Crippen LogP contribution in [-0.4, -0.2) is 23.9 Å². The fourth-order valence-corrected chi connectivity index (χ4v) is 3.18. The molecule has 1 amide bonds. The van der Waals surface area contributed by atoms with E-state index in [1.165, 1.54) is 12.3 Å². The van der Waals surface area contributed by atoms with Crippen molar-refractivity contribution in [1.29, 1.82) is 0 Å². The Morgan fingerprint density at radius 3 is 2.67 bits per heavy atom.